The van der Waals surface area contributed by atoms with E-state index in [4.69, 9.17) is 9.47 Å². The Labute approximate surface area is 318 Å². The molecule has 4 amide bonds. The molecular weight excluding hydrogens is 688 g/mol. The van der Waals surface area contributed by atoms with Crippen molar-refractivity contribution in [3.05, 3.63) is 59.6 Å². The Morgan fingerprint density at radius 2 is 1.44 bits per heavy atom. The Hall–Kier alpha value is -5.32. The summed E-state index contributed by atoms with van der Waals surface area (Å²) in [6.45, 7) is 18.3. The van der Waals surface area contributed by atoms with Crippen LogP contribution >= 0.6 is 0 Å². The van der Waals surface area contributed by atoms with E-state index in [0.717, 1.165) is 54.7 Å². The van der Waals surface area contributed by atoms with Crippen molar-refractivity contribution < 1.29 is 28.7 Å². The third kappa shape index (κ3) is 12.1. The van der Waals surface area contributed by atoms with Gasteiger partial charge in [-0.3, -0.25) is 9.59 Å². The maximum absolute atomic E-state index is 13.5. The first-order valence-electron chi connectivity index (χ1n) is 18.4. The molecule has 0 bridgehead atoms. The van der Waals surface area contributed by atoms with Crippen molar-refractivity contribution in [1.82, 2.24) is 40.8 Å². The molecule has 2 aromatic heterocycles. The molecule has 1 aliphatic rings. The molecular formula is C40H56N8O6. The topological polar surface area (TPSA) is 183 Å². The summed E-state index contributed by atoms with van der Waals surface area (Å²) in [5.41, 5.74) is -0.250. The van der Waals surface area contributed by atoms with Crippen molar-refractivity contribution in [3.8, 4) is 23.1 Å². The molecule has 0 radical (unpaired) electrons. The lowest BCUT2D eigenvalue weighted by atomic mass is 10.0. The van der Waals surface area contributed by atoms with Gasteiger partial charge in [0.05, 0.1) is 24.1 Å². The minimum Gasteiger partial charge on any atom is -0.444 e. The molecule has 54 heavy (non-hydrogen) atoms. The Bertz CT molecular complexity index is 1850. The molecule has 3 aromatic rings. The van der Waals surface area contributed by atoms with Crippen molar-refractivity contribution in [2.24, 2.45) is 0 Å². The second-order valence-electron chi connectivity index (χ2n) is 16.6. The van der Waals surface area contributed by atoms with Gasteiger partial charge in [0.25, 0.3) is 0 Å². The number of benzene rings is 1. The standard InChI is InChI=1S/C40H56N8O6/c1-37(2,3)53-35(51)46-39(7,8)33(49)41-22-12-11-15-31-42-25-29(45-31)27-19-16-26(17-20-27)18-21-28-24-43-32(44-28)30-14-13-23-48(30)34(50)40(9,10)47-36(52)54-38(4,5)6/h16-17,19-20,24-25,30H,11-15,22-23H2,1-10H3,(H,41,49)(H,42,45)(H,43,44)(H,46,51)(H,47,52). The molecule has 4 rings (SSSR count). The molecule has 292 valence electrons. The van der Waals surface area contributed by atoms with E-state index < -0.39 is 34.5 Å². The number of aryl methyl sites for hydroxylation is 1. The number of aromatic amines is 2. The monoisotopic (exact) mass is 744 g/mol. The van der Waals surface area contributed by atoms with Gasteiger partial charge in [-0.25, -0.2) is 19.6 Å². The SMILES string of the molecule is CC(C)(C)OC(=O)NC(C)(C)C(=O)NCCCCc1ncc(-c2ccc(C#Cc3cnc(C4CCCN4C(=O)C(C)(C)NC(=O)OC(C)(C)C)[nH]3)cc2)[nH]1. The second-order valence-corrected chi connectivity index (χ2v) is 16.6. The molecule has 1 aromatic carbocycles. The zero-order chi connectivity index (χ0) is 39.9. The number of ether oxygens (including phenoxy) is 2. The number of H-pyrrole nitrogens is 2. The van der Waals surface area contributed by atoms with Crippen molar-refractivity contribution in [2.45, 2.75) is 130 Å². The van der Waals surface area contributed by atoms with Gasteiger partial charge in [-0.05, 0) is 119 Å². The van der Waals surface area contributed by atoms with E-state index in [2.05, 4.69) is 47.7 Å². The molecule has 1 atom stereocenters. The lowest BCUT2D eigenvalue weighted by Crippen LogP contribution is -2.56. The smallest absolute Gasteiger partial charge is 0.408 e. The van der Waals surface area contributed by atoms with E-state index in [9.17, 15) is 19.2 Å². The Morgan fingerprint density at radius 3 is 2.07 bits per heavy atom. The van der Waals surface area contributed by atoms with Gasteiger partial charge in [0, 0.05) is 25.1 Å². The summed E-state index contributed by atoms with van der Waals surface area (Å²) in [6.07, 6.45) is 6.06. The Kier molecular flexibility index (Phi) is 12.9. The number of alkyl carbamates (subject to hydrolysis) is 2. The number of unbranched alkanes of at least 4 members (excludes halogenated alkanes) is 1. The number of rotatable bonds is 11. The van der Waals surface area contributed by atoms with Crippen LogP contribution in [0.1, 0.15) is 124 Å². The quantitative estimate of drug-likeness (QED) is 0.119. The normalized spacial score (nSPS) is 14.9. The van der Waals surface area contributed by atoms with Crippen LogP contribution in [0.3, 0.4) is 0 Å². The van der Waals surface area contributed by atoms with Gasteiger partial charge in [0.2, 0.25) is 11.8 Å². The molecule has 0 aliphatic carbocycles. The van der Waals surface area contributed by atoms with Gasteiger partial charge >= 0.3 is 12.2 Å². The van der Waals surface area contributed by atoms with Crippen LogP contribution in [-0.4, -0.2) is 84.2 Å². The molecule has 0 saturated carbocycles. The van der Waals surface area contributed by atoms with Crippen molar-refractivity contribution in [1.29, 1.82) is 0 Å². The predicted octanol–water partition coefficient (Wildman–Crippen LogP) is 5.91. The fourth-order valence-corrected chi connectivity index (χ4v) is 5.80. The molecule has 1 unspecified atom stereocenters. The summed E-state index contributed by atoms with van der Waals surface area (Å²) < 4.78 is 10.6. The highest BCUT2D eigenvalue weighted by Gasteiger charge is 2.41. The van der Waals surface area contributed by atoms with E-state index in [1.165, 1.54) is 0 Å². The van der Waals surface area contributed by atoms with Crippen molar-refractivity contribution in [2.75, 3.05) is 13.1 Å². The Balaban J connectivity index is 1.25. The van der Waals surface area contributed by atoms with Crippen LogP contribution in [0.15, 0.2) is 36.7 Å². The van der Waals surface area contributed by atoms with Crippen LogP contribution in [0.25, 0.3) is 11.3 Å². The Morgan fingerprint density at radius 1 is 0.815 bits per heavy atom. The van der Waals surface area contributed by atoms with Crippen molar-refractivity contribution >= 4 is 24.0 Å². The number of carbonyl (C=O) groups is 4. The van der Waals surface area contributed by atoms with E-state index in [-0.39, 0.29) is 17.9 Å². The summed E-state index contributed by atoms with van der Waals surface area (Å²) in [4.78, 5) is 68.1. The molecule has 3 heterocycles. The number of amides is 4. The fraction of sp³-hybridized carbons (Fsp3) is 0.550. The number of hydrogen-bond acceptors (Lipinski definition) is 8. The number of hydrogen-bond donors (Lipinski definition) is 5. The minimum absolute atomic E-state index is 0.207. The predicted molar refractivity (Wildman–Crippen MR) is 205 cm³/mol. The highest BCUT2D eigenvalue weighted by Crippen LogP contribution is 2.32. The average Bonchev–Trinajstić information content (AvgIpc) is 3.82. The van der Waals surface area contributed by atoms with Gasteiger partial charge in [-0.1, -0.05) is 18.1 Å². The number of aromatic nitrogens is 4. The largest absolute Gasteiger partial charge is 0.444 e. The molecule has 14 heteroatoms. The van der Waals surface area contributed by atoms with Gasteiger partial charge in [-0.15, -0.1) is 0 Å². The molecule has 1 fully saturated rings. The highest BCUT2D eigenvalue weighted by atomic mass is 16.6. The molecule has 14 nitrogen and oxygen atoms in total. The third-order valence-corrected chi connectivity index (χ3v) is 8.45. The highest BCUT2D eigenvalue weighted by molar-refractivity contribution is 5.90. The zero-order valence-corrected chi connectivity index (χ0v) is 33.3. The average molecular weight is 745 g/mol. The molecule has 1 aliphatic heterocycles. The maximum atomic E-state index is 13.5. The summed E-state index contributed by atoms with van der Waals surface area (Å²) in [6, 6.07) is 7.60. The van der Waals surface area contributed by atoms with Crippen LogP contribution < -0.4 is 16.0 Å². The molecule has 0 spiro atoms. The van der Waals surface area contributed by atoms with Crippen LogP contribution in [-0.2, 0) is 25.5 Å². The van der Waals surface area contributed by atoms with E-state index in [1.807, 2.05) is 24.3 Å². The number of carbonyl (C=O) groups excluding carboxylic acids is 4. The fourth-order valence-electron chi connectivity index (χ4n) is 5.80. The summed E-state index contributed by atoms with van der Waals surface area (Å²) in [5, 5.41) is 8.22. The van der Waals surface area contributed by atoms with Gasteiger partial charge in [-0.2, -0.15) is 0 Å². The van der Waals surface area contributed by atoms with Gasteiger partial charge < -0.3 is 40.3 Å². The van der Waals surface area contributed by atoms with Crippen LogP contribution in [0, 0.1) is 11.8 Å². The van der Waals surface area contributed by atoms with Gasteiger partial charge in [0.15, 0.2) is 0 Å². The van der Waals surface area contributed by atoms with Crippen LogP contribution in [0.2, 0.25) is 0 Å². The van der Waals surface area contributed by atoms with Gasteiger partial charge in [0.1, 0.15) is 39.6 Å². The second kappa shape index (κ2) is 16.8. The maximum Gasteiger partial charge on any atom is 0.408 e. The van der Waals surface area contributed by atoms with E-state index in [1.54, 1.807) is 86.5 Å². The van der Waals surface area contributed by atoms with Crippen LogP contribution in [0.5, 0.6) is 0 Å². The number of nitrogens with one attached hydrogen (secondary N) is 5. The number of likely N-dealkylation sites (tertiary alicyclic amines) is 1. The summed E-state index contributed by atoms with van der Waals surface area (Å²) >= 11 is 0. The van der Waals surface area contributed by atoms with E-state index >= 15 is 0 Å². The summed E-state index contributed by atoms with van der Waals surface area (Å²) in [7, 11) is 0. The van der Waals surface area contributed by atoms with Crippen molar-refractivity contribution in [3.63, 3.8) is 0 Å². The lowest BCUT2D eigenvalue weighted by Gasteiger charge is -2.33. The summed E-state index contributed by atoms with van der Waals surface area (Å²) in [5.74, 6) is 7.34. The lowest BCUT2D eigenvalue weighted by molar-refractivity contribution is -0.138. The molecule has 1 saturated heterocycles. The zero-order valence-electron chi connectivity index (χ0n) is 33.3. The van der Waals surface area contributed by atoms with E-state index in [0.29, 0.717) is 24.6 Å². The number of imidazole rings is 2. The first-order valence-corrected chi connectivity index (χ1v) is 18.4. The first kappa shape index (κ1) is 41.4. The first-order chi connectivity index (χ1) is 25.1. The molecule has 5 N–H and O–H groups in total. The van der Waals surface area contributed by atoms with Crippen LogP contribution in [0.4, 0.5) is 9.59 Å². The number of nitrogens with zero attached hydrogens (tertiary/aromatic N) is 3. The minimum atomic E-state index is -1.16. The third-order valence-electron chi connectivity index (χ3n) is 8.45.